The highest BCUT2D eigenvalue weighted by Gasteiger charge is 2.17. The maximum Gasteiger partial charge on any atom is 0.267 e. The fourth-order valence-electron chi connectivity index (χ4n) is 3.41. The number of hydrogen-bond acceptors (Lipinski definition) is 3. The highest BCUT2D eigenvalue weighted by atomic mass is 16.1. The molecule has 0 bridgehead atoms. The van der Waals surface area contributed by atoms with Crippen LogP contribution in [0.2, 0.25) is 0 Å². The Labute approximate surface area is 143 Å². The first kappa shape index (κ1) is 16.8. The van der Waals surface area contributed by atoms with Gasteiger partial charge in [0.05, 0.1) is 11.2 Å². The number of aryl methyl sites for hydroxylation is 1. The zero-order valence-corrected chi connectivity index (χ0v) is 14.9. The van der Waals surface area contributed by atoms with Gasteiger partial charge in [0, 0.05) is 24.5 Å². The Balaban J connectivity index is 1.80. The van der Waals surface area contributed by atoms with Crippen LogP contribution in [0.4, 0.5) is 5.69 Å². The summed E-state index contributed by atoms with van der Waals surface area (Å²) in [5.41, 5.74) is 3.99. The van der Waals surface area contributed by atoms with Gasteiger partial charge in [0.25, 0.3) is 5.91 Å². The summed E-state index contributed by atoms with van der Waals surface area (Å²) in [5.74, 6) is -0.0440. The number of likely N-dealkylation sites (N-methyl/N-ethyl adjacent to an activating group) is 1. The molecule has 0 atom stereocenters. The number of nitrogens with one attached hydrogen (secondary N) is 3. The molecule has 1 aliphatic carbocycles. The zero-order valence-electron chi connectivity index (χ0n) is 14.9. The van der Waals surface area contributed by atoms with E-state index in [0.717, 1.165) is 23.1 Å². The molecule has 24 heavy (non-hydrogen) atoms. The maximum atomic E-state index is 12.4. The van der Waals surface area contributed by atoms with Crippen molar-refractivity contribution in [1.82, 2.24) is 15.2 Å². The fraction of sp³-hybridized carbons (Fsp3) is 0.526. The molecule has 5 heteroatoms. The van der Waals surface area contributed by atoms with E-state index in [-0.39, 0.29) is 5.91 Å². The van der Waals surface area contributed by atoms with Crippen LogP contribution in [-0.4, -0.2) is 49.0 Å². The number of benzene rings is 1. The second-order valence-electron chi connectivity index (χ2n) is 7.14. The van der Waals surface area contributed by atoms with Crippen molar-refractivity contribution in [2.45, 2.75) is 38.6 Å². The van der Waals surface area contributed by atoms with E-state index in [1.54, 1.807) is 0 Å². The van der Waals surface area contributed by atoms with E-state index in [4.69, 9.17) is 0 Å². The standard InChI is InChI=1S/C19H28N4O/c1-13-10-14-12-17(19(24)20-8-9-23(2)3)22-18(14)16(11-13)21-15-6-4-5-7-15/h10-12,15,21-22H,4-9H2,1-3H3,(H,20,24). The van der Waals surface area contributed by atoms with Gasteiger partial charge < -0.3 is 20.5 Å². The first-order chi connectivity index (χ1) is 11.5. The van der Waals surface area contributed by atoms with Gasteiger partial charge in [-0.1, -0.05) is 12.8 Å². The fourth-order valence-corrected chi connectivity index (χ4v) is 3.41. The Morgan fingerprint density at radius 1 is 1.25 bits per heavy atom. The van der Waals surface area contributed by atoms with Crippen LogP contribution in [0.1, 0.15) is 41.7 Å². The number of rotatable bonds is 6. The molecule has 0 radical (unpaired) electrons. The minimum Gasteiger partial charge on any atom is -0.381 e. The lowest BCUT2D eigenvalue weighted by atomic mass is 10.1. The third-order valence-electron chi connectivity index (χ3n) is 4.68. The topological polar surface area (TPSA) is 60.2 Å². The summed E-state index contributed by atoms with van der Waals surface area (Å²) in [5, 5.41) is 7.72. The first-order valence-corrected chi connectivity index (χ1v) is 8.86. The van der Waals surface area contributed by atoms with Gasteiger partial charge in [-0.15, -0.1) is 0 Å². The van der Waals surface area contributed by atoms with Gasteiger partial charge in [-0.05, 0) is 57.6 Å². The predicted octanol–water partition coefficient (Wildman–Crippen LogP) is 3.12. The van der Waals surface area contributed by atoms with Gasteiger partial charge in [-0.3, -0.25) is 4.79 Å². The van der Waals surface area contributed by atoms with Crippen LogP contribution in [0.25, 0.3) is 10.9 Å². The molecular formula is C19H28N4O. The number of aromatic amines is 1. The molecule has 1 aliphatic rings. The van der Waals surface area contributed by atoms with Crippen molar-refractivity contribution in [3.05, 3.63) is 29.5 Å². The van der Waals surface area contributed by atoms with Crippen LogP contribution in [0, 0.1) is 6.92 Å². The predicted molar refractivity (Wildman–Crippen MR) is 99.8 cm³/mol. The van der Waals surface area contributed by atoms with Crippen LogP contribution in [0.3, 0.4) is 0 Å². The number of H-pyrrole nitrogens is 1. The van der Waals surface area contributed by atoms with E-state index in [2.05, 4.69) is 39.6 Å². The highest BCUT2D eigenvalue weighted by molar-refractivity contribution is 6.01. The van der Waals surface area contributed by atoms with E-state index in [1.165, 1.54) is 31.2 Å². The number of carbonyl (C=O) groups excluding carboxylic acids is 1. The van der Waals surface area contributed by atoms with Crippen molar-refractivity contribution in [1.29, 1.82) is 0 Å². The molecule has 1 aromatic carbocycles. The zero-order chi connectivity index (χ0) is 17.1. The number of aromatic nitrogens is 1. The number of amides is 1. The van der Waals surface area contributed by atoms with Gasteiger partial charge in [0.1, 0.15) is 5.69 Å². The summed E-state index contributed by atoms with van der Waals surface area (Å²) in [6.45, 7) is 3.58. The van der Waals surface area contributed by atoms with E-state index in [9.17, 15) is 4.79 Å². The number of nitrogens with zero attached hydrogens (tertiary/aromatic N) is 1. The Hall–Kier alpha value is -2.01. The molecule has 0 spiro atoms. The molecule has 1 fully saturated rings. The smallest absolute Gasteiger partial charge is 0.267 e. The molecule has 0 aliphatic heterocycles. The lowest BCUT2D eigenvalue weighted by Gasteiger charge is -2.15. The molecule has 0 saturated heterocycles. The average Bonchev–Trinajstić information content (AvgIpc) is 3.15. The monoisotopic (exact) mass is 328 g/mol. The molecule has 1 amide bonds. The lowest BCUT2D eigenvalue weighted by Crippen LogP contribution is -2.31. The van der Waals surface area contributed by atoms with Crippen LogP contribution in [0.15, 0.2) is 18.2 Å². The molecule has 3 rings (SSSR count). The van der Waals surface area contributed by atoms with Gasteiger partial charge in [0.2, 0.25) is 0 Å². The third kappa shape index (κ3) is 3.90. The quantitative estimate of drug-likeness (QED) is 0.763. The van der Waals surface area contributed by atoms with Gasteiger partial charge in [0.15, 0.2) is 0 Å². The number of hydrogen-bond donors (Lipinski definition) is 3. The van der Waals surface area contributed by atoms with Gasteiger partial charge in [-0.25, -0.2) is 0 Å². The van der Waals surface area contributed by atoms with Crippen molar-refractivity contribution in [2.75, 3.05) is 32.5 Å². The van der Waals surface area contributed by atoms with E-state index in [1.807, 2.05) is 20.2 Å². The molecule has 1 aromatic heterocycles. The number of fused-ring (bicyclic) bond motifs is 1. The second kappa shape index (κ2) is 7.26. The lowest BCUT2D eigenvalue weighted by molar-refractivity contribution is 0.0947. The maximum absolute atomic E-state index is 12.4. The van der Waals surface area contributed by atoms with Crippen molar-refractivity contribution >= 4 is 22.5 Å². The summed E-state index contributed by atoms with van der Waals surface area (Å²) >= 11 is 0. The van der Waals surface area contributed by atoms with Crippen molar-refractivity contribution < 1.29 is 4.79 Å². The van der Waals surface area contributed by atoms with Crippen LogP contribution >= 0.6 is 0 Å². The Bertz CT molecular complexity index is 713. The summed E-state index contributed by atoms with van der Waals surface area (Å²) in [7, 11) is 4.00. The van der Waals surface area contributed by atoms with Crippen molar-refractivity contribution in [3.63, 3.8) is 0 Å². The minimum atomic E-state index is -0.0440. The Morgan fingerprint density at radius 2 is 2.00 bits per heavy atom. The van der Waals surface area contributed by atoms with Crippen LogP contribution < -0.4 is 10.6 Å². The largest absolute Gasteiger partial charge is 0.381 e. The molecule has 0 unspecified atom stereocenters. The Morgan fingerprint density at radius 3 is 2.71 bits per heavy atom. The Kier molecular flexibility index (Phi) is 5.09. The number of carbonyl (C=O) groups is 1. The van der Waals surface area contributed by atoms with Crippen molar-refractivity contribution in [2.24, 2.45) is 0 Å². The highest BCUT2D eigenvalue weighted by Crippen LogP contribution is 2.29. The summed E-state index contributed by atoms with van der Waals surface area (Å²) in [4.78, 5) is 17.7. The average molecular weight is 328 g/mol. The minimum absolute atomic E-state index is 0.0440. The van der Waals surface area contributed by atoms with Crippen molar-refractivity contribution in [3.8, 4) is 0 Å². The SMILES string of the molecule is Cc1cc(NC2CCCC2)c2[nH]c(C(=O)NCCN(C)C)cc2c1. The third-order valence-corrected chi connectivity index (χ3v) is 4.68. The molecule has 1 saturated carbocycles. The normalized spacial score (nSPS) is 15.3. The second-order valence-corrected chi connectivity index (χ2v) is 7.14. The van der Waals surface area contributed by atoms with Gasteiger partial charge >= 0.3 is 0 Å². The van der Waals surface area contributed by atoms with E-state index < -0.39 is 0 Å². The molecule has 5 nitrogen and oxygen atoms in total. The van der Waals surface area contributed by atoms with Gasteiger partial charge in [-0.2, -0.15) is 0 Å². The van der Waals surface area contributed by atoms with E-state index >= 15 is 0 Å². The molecule has 130 valence electrons. The van der Waals surface area contributed by atoms with Crippen LogP contribution in [-0.2, 0) is 0 Å². The molecule has 2 aromatic rings. The molecule has 1 heterocycles. The summed E-state index contributed by atoms with van der Waals surface area (Å²) in [6.07, 6.45) is 5.07. The molecule has 3 N–H and O–H groups in total. The molecular weight excluding hydrogens is 300 g/mol. The summed E-state index contributed by atoms with van der Waals surface area (Å²) in [6, 6.07) is 6.80. The summed E-state index contributed by atoms with van der Waals surface area (Å²) < 4.78 is 0. The van der Waals surface area contributed by atoms with Crippen LogP contribution in [0.5, 0.6) is 0 Å². The first-order valence-electron chi connectivity index (χ1n) is 8.86. The number of anilines is 1. The van der Waals surface area contributed by atoms with E-state index in [0.29, 0.717) is 18.3 Å².